The van der Waals surface area contributed by atoms with Crippen molar-refractivity contribution in [1.29, 1.82) is 0 Å². The number of sulfonamides is 1. The van der Waals surface area contributed by atoms with Crippen molar-refractivity contribution in [2.24, 2.45) is 0 Å². The first-order chi connectivity index (χ1) is 12.8. The smallest absolute Gasteiger partial charge is 0.338 e. The summed E-state index contributed by atoms with van der Waals surface area (Å²) < 4.78 is 51.5. The van der Waals surface area contributed by atoms with Gasteiger partial charge in [-0.15, -0.1) is 0 Å². The minimum absolute atomic E-state index is 0.0743. The number of benzene rings is 2. The van der Waals surface area contributed by atoms with Crippen molar-refractivity contribution in [3.8, 4) is 5.75 Å². The molecule has 0 aliphatic heterocycles. The molecule has 9 heteroatoms. The topological polar surface area (TPSA) is 81.7 Å². The Bertz CT molecular complexity index is 976. The summed E-state index contributed by atoms with van der Waals surface area (Å²) in [6, 6.07) is 8.01. The summed E-state index contributed by atoms with van der Waals surface area (Å²) in [7, 11) is -2.45. The SMILES string of the molecule is COc1ccc(C(=O)OCc2ccc(F)cc2Br)cc1S(=O)(=O)NC1CC1. The molecule has 0 aromatic heterocycles. The lowest BCUT2D eigenvalue weighted by Gasteiger charge is -2.12. The van der Waals surface area contributed by atoms with Gasteiger partial charge in [0.1, 0.15) is 23.1 Å². The monoisotopic (exact) mass is 457 g/mol. The van der Waals surface area contributed by atoms with Gasteiger partial charge in [-0.1, -0.05) is 22.0 Å². The largest absolute Gasteiger partial charge is 0.495 e. The van der Waals surface area contributed by atoms with Gasteiger partial charge in [0, 0.05) is 16.1 Å². The first-order valence-corrected chi connectivity index (χ1v) is 10.4. The molecule has 0 unspecified atom stereocenters. The maximum absolute atomic E-state index is 13.1. The van der Waals surface area contributed by atoms with Crippen LogP contribution in [0.4, 0.5) is 4.39 Å². The first-order valence-electron chi connectivity index (χ1n) is 8.11. The van der Waals surface area contributed by atoms with Gasteiger partial charge in [-0.05, 0) is 43.2 Å². The van der Waals surface area contributed by atoms with Gasteiger partial charge >= 0.3 is 5.97 Å². The second-order valence-corrected chi connectivity index (χ2v) is 8.61. The average Bonchev–Trinajstić information content (AvgIpc) is 3.43. The second-order valence-electron chi connectivity index (χ2n) is 6.07. The third-order valence-corrected chi connectivity index (χ3v) is 6.24. The zero-order valence-electron chi connectivity index (χ0n) is 14.4. The standard InChI is InChI=1S/C18H17BrFNO5S/c1-25-16-7-3-11(8-17(16)27(23,24)21-14-5-6-14)18(22)26-10-12-2-4-13(20)9-15(12)19/h2-4,7-9,14,21H,5-6,10H2,1H3. The predicted molar refractivity (Wildman–Crippen MR) is 99.6 cm³/mol. The maximum Gasteiger partial charge on any atom is 0.338 e. The van der Waals surface area contributed by atoms with Crippen molar-refractivity contribution < 1.29 is 27.1 Å². The molecule has 6 nitrogen and oxygen atoms in total. The molecule has 0 saturated heterocycles. The molecule has 2 aromatic carbocycles. The zero-order chi connectivity index (χ0) is 19.6. The minimum Gasteiger partial charge on any atom is -0.495 e. The number of ether oxygens (including phenoxy) is 2. The fraction of sp³-hybridized carbons (Fsp3) is 0.278. The molecule has 0 atom stereocenters. The fourth-order valence-corrected chi connectivity index (χ4v) is 4.33. The number of nitrogens with one attached hydrogen (secondary N) is 1. The summed E-state index contributed by atoms with van der Waals surface area (Å²) >= 11 is 3.20. The van der Waals surface area contributed by atoms with E-state index < -0.39 is 21.8 Å². The normalized spacial score (nSPS) is 14.0. The van der Waals surface area contributed by atoms with E-state index >= 15 is 0 Å². The molecule has 27 heavy (non-hydrogen) atoms. The quantitative estimate of drug-likeness (QED) is 0.644. The number of methoxy groups -OCH3 is 1. The molecule has 0 heterocycles. The molecule has 0 amide bonds. The highest BCUT2D eigenvalue weighted by atomic mass is 79.9. The van der Waals surface area contributed by atoms with Gasteiger partial charge in [0.25, 0.3) is 0 Å². The van der Waals surface area contributed by atoms with Crippen LogP contribution in [-0.4, -0.2) is 27.5 Å². The lowest BCUT2D eigenvalue weighted by atomic mass is 10.2. The van der Waals surface area contributed by atoms with Crippen molar-refractivity contribution in [2.75, 3.05) is 7.11 Å². The second kappa shape index (κ2) is 7.95. The maximum atomic E-state index is 13.1. The predicted octanol–water partition coefficient (Wildman–Crippen LogP) is 3.39. The molecule has 0 bridgehead atoms. The van der Waals surface area contributed by atoms with Gasteiger partial charge in [-0.2, -0.15) is 0 Å². The minimum atomic E-state index is -3.81. The molecule has 1 N–H and O–H groups in total. The number of hydrogen-bond donors (Lipinski definition) is 1. The first kappa shape index (κ1) is 19.8. The lowest BCUT2D eigenvalue weighted by Crippen LogP contribution is -2.26. The van der Waals surface area contributed by atoms with Crippen LogP contribution in [0, 0.1) is 5.82 Å². The van der Waals surface area contributed by atoms with Crippen molar-refractivity contribution in [1.82, 2.24) is 4.72 Å². The van der Waals surface area contributed by atoms with E-state index in [1.807, 2.05) is 0 Å². The van der Waals surface area contributed by atoms with Gasteiger partial charge in [-0.3, -0.25) is 0 Å². The van der Waals surface area contributed by atoms with Crippen LogP contribution in [0.2, 0.25) is 0 Å². The number of halogens is 2. The third-order valence-electron chi connectivity index (χ3n) is 3.96. The number of rotatable bonds is 7. The van der Waals surface area contributed by atoms with Gasteiger partial charge in [0.2, 0.25) is 10.0 Å². The molecule has 1 aliphatic rings. The lowest BCUT2D eigenvalue weighted by molar-refractivity contribution is 0.0471. The summed E-state index contributed by atoms with van der Waals surface area (Å²) in [6.07, 6.45) is 1.58. The molecule has 2 aromatic rings. The average molecular weight is 458 g/mol. The Morgan fingerprint density at radius 1 is 1.26 bits per heavy atom. The number of hydrogen-bond acceptors (Lipinski definition) is 5. The van der Waals surface area contributed by atoms with Crippen LogP contribution in [-0.2, 0) is 21.4 Å². The van der Waals surface area contributed by atoms with Crippen LogP contribution >= 0.6 is 15.9 Å². The van der Waals surface area contributed by atoms with E-state index in [0.29, 0.717) is 10.0 Å². The Hall–Kier alpha value is -1.97. The molecule has 1 saturated carbocycles. The highest BCUT2D eigenvalue weighted by Gasteiger charge is 2.30. The van der Waals surface area contributed by atoms with Crippen LogP contribution in [0.25, 0.3) is 0 Å². The molecule has 1 fully saturated rings. The molecule has 0 radical (unpaired) electrons. The highest BCUT2D eigenvalue weighted by Crippen LogP contribution is 2.29. The van der Waals surface area contributed by atoms with E-state index in [-0.39, 0.29) is 28.9 Å². The molecule has 144 valence electrons. The van der Waals surface area contributed by atoms with Crippen molar-refractivity contribution in [3.63, 3.8) is 0 Å². The third kappa shape index (κ3) is 4.85. The van der Waals surface area contributed by atoms with Crippen LogP contribution in [0.5, 0.6) is 5.75 Å². The molecule has 3 rings (SSSR count). The van der Waals surface area contributed by atoms with Crippen LogP contribution in [0.3, 0.4) is 0 Å². The van der Waals surface area contributed by atoms with Crippen molar-refractivity contribution in [3.05, 3.63) is 57.8 Å². The Kier molecular flexibility index (Phi) is 5.83. The van der Waals surface area contributed by atoms with E-state index in [4.69, 9.17) is 9.47 Å². The van der Waals surface area contributed by atoms with Crippen molar-refractivity contribution in [2.45, 2.75) is 30.4 Å². The van der Waals surface area contributed by atoms with E-state index in [1.165, 1.54) is 43.5 Å². The zero-order valence-corrected chi connectivity index (χ0v) is 16.8. The van der Waals surface area contributed by atoms with Crippen molar-refractivity contribution >= 4 is 31.9 Å². The van der Waals surface area contributed by atoms with Gasteiger partial charge in [-0.25, -0.2) is 22.3 Å². The van der Waals surface area contributed by atoms with Gasteiger partial charge in [0.15, 0.2) is 0 Å². The Balaban J connectivity index is 1.79. The van der Waals surface area contributed by atoms with E-state index in [9.17, 15) is 17.6 Å². The van der Waals surface area contributed by atoms with E-state index in [1.54, 1.807) is 0 Å². The molecular weight excluding hydrogens is 441 g/mol. The van der Waals surface area contributed by atoms with E-state index in [2.05, 4.69) is 20.7 Å². The summed E-state index contributed by atoms with van der Waals surface area (Å²) in [6.45, 7) is -0.0892. The van der Waals surface area contributed by atoms with Gasteiger partial charge < -0.3 is 9.47 Å². The molecule has 0 spiro atoms. The van der Waals surface area contributed by atoms with Crippen LogP contribution in [0.1, 0.15) is 28.8 Å². The Morgan fingerprint density at radius 3 is 2.63 bits per heavy atom. The van der Waals surface area contributed by atoms with Crippen LogP contribution < -0.4 is 9.46 Å². The molecular formula is C18H17BrFNO5S. The highest BCUT2D eigenvalue weighted by molar-refractivity contribution is 9.10. The number of carbonyl (C=O) groups is 1. The van der Waals surface area contributed by atoms with E-state index in [0.717, 1.165) is 12.8 Å². The number of carbonyl (C=O) groups excluding carboxylic acids is 1. The van der Waals surface area contributed by atoms with Gasteiger partial charge in [0.05, 0.1) is 12.7 Å². The summed E-state index contributed by atoms with van der Waals surface area (Å²) in [4.78, 5) is 12.2. The van der Waals surface area contributed by atoms with Crippen LogP contribution in [0.15, 0.2) is 45.8 Å². The fourth-order valence-electron chi connectivity index (χ4n) is 2.36. The Morgan fingerprint density at radius 2 is 2.00 bits per heavy atom. The Labute approximate surface area is 164 Å². The number of esters is 1. The molecule has 1 aliphatic carbocycles. The summed E-state index contributed by atoms with van der Waals surface area (Å²) in [5.41, 5.74) is 0.659. The summed E-state index contributed by atoms with van der Waals surface area (Å²) in [5, 5.41) is 0. The summed E-state index contributed by atoms with van der Waals surface area (Å²) in [5.74, 6) is -0.970.